The second-order valence-corrected chi connectivity index (χ2v) is 4.99. The minimum absolute atomic E-state index is 0.0771. The van der Waals surface area contributed by atoms with Crippen LogP contribution in [0.15, 0.2) is 48.5 Å². The number of anilines is 1. The van der Waals surface area contributed by atoms with Crippen molar-refractivity contribution in [3.05, 3.63) is 65.5 Å². The first-order valence-electron chi connectivity index (χ1n) is 6.99. The van der Waals surface area contributed by atoms with E-state index in [1.807, 2.05) is 30.3 Å². The van der Waals surface area contributed by atoms with Crippen molar-refractivity contribution in [3.63, 3.8) is 0 Å². The van der Waals surface area contributed by atoms with Crippen LogP contribution in [-0.2, 0) is 6.42 Å². The number of Topliss-reactive ketones (excluding diaryl/α,β-unsaturated/α-hetero) is 1. The van der Waals surface area contributed by atoms with Gasteiger partial charge in [-0.1, -0.05) is 30.3 Å². The first-order chi connectivity index (χ1) is 10.6. The van der Waals surface area contributed by atoms with Gasteiger partial charge in [0, 0.05) is 24.2 Å². The Kier molecular flexibility index (Phi) is 5.63. The Morgan fingerprint density at radius 3 is 2.59 bits per heavy atom. The maximum atomic E-state index is 13.4. The molecular formula is C17H18FNO3. The molecule has 0 aromatic heterocycles. The van der Waals surface area contributed by atoms with Crippen molar-refractivity contribution in [2.24, 2.45) is 0 Å². The topological polar surface area (TPSA) is 69.6 Å². The fourth-order valence-electron chi connectivity index (χ4n) is 2.07. The lowest BCUT2D eigenvalue weighted by atomic mass is 10.0. The minimum atomic E-state index is -0.942. The number of carbonyl (C=O) groups excluding carboxylic acids is 1. The molecule has 0 bridgehead atoms. The zero-order valence-electron chi connectivity index (χ0n) is 12.0. The number of carbonyl (C=O) groups is 1. The average Bonchev–Trinajstić information content (AvgIpc) is 2.54. The minimum Gasteiger partial charge on any atom is -0.394 e. The van der Waals surface area contributed by atoms with Gasteiger partial charge in [0.05, 0.1) is 12.7 Å². The molecule has 2 rings (SSSR count). The van der Waals surface area contributed by atoms with Crippen LogP contribution in [0.2, 0.25) is 0 Å². The average molecular weight is 303 g/mol. The lowest BCUT2D eigenvalue weighted by Gasteiger charge is -2.14. The molecule has 2 aromatic carbocycles. The molecule has 0 fully saturated rings. The van der Waals surface area contributed by atoms with Gasteiger partial charge in [0.2, 0.25) is 0 Å². The smallest absolute Gasteiger partial charge is 0.169 e. The van der Waals surface area contributed by atoms with Crippen molar-refractivity contribution in [2.75, 3.05) is 18.5 Å². The van der Waals surface area contributed by atoms with E-state index in [0.717, 1.165) is 5.56 Å². The monoisotopic (exact) mass is 303 g/mol. The highest BCUT2D eigenvalue weighted by Gasteiger charge is 2.14. The number of halogens is 1. The van der Waals surface area contributed by atoms with Gasteiger partial charge in [-0.05, 0) is 23.8 Å². The third-order valence-corrected chi connectivity index (χ3v) is 3.23. The van der Waals surface area contributed by atoms with Crippen molar-refractivity contribution >= 4 is 11.5 Å². The quantitative estimate of drug-likeness (QED) is 0.684. The van der Waals surface area contributed by atoms with Gasteiger partial charge in [-0.15, -0.1) is 0 Å². The lowest BCUT2D eigenvalue weighted by molar-refractivity contribution is 0.0991. The van der Waals surface area contributed by atoms with Gasteiger partial charge in [0.1, 0.15) is 5.82 Å². The zero-order chi connectivity index (χ0) is 15.9. The summed E-state index contributed by atoms with van der Waals surface area (Å²) in [4.78, 5) is 12.4. The highest BCUT2D eigenvalue weighted by atomic mass is 19.1. The summed E-state index contributed by atoms with van der Waals surface area (Å²) in [6, 6.07) is 13.1. The number of nitrogens with one attached hydrogen (secondary N) is 1. The van der Waals surface area contributed by atoms with Crippen molar-refractivity contribution < 1.29 is 19.4 Å². The normalized spacial score (nSPS) is 12.0. The van der Waals surface area contributed by atoms with Gasteiger partial charge >= 0.3 is 0 Å². The maximum Gasteiger partial charge on any atom is 0.169 e. The van der Waals surface area contributed by atoms with Gasteiger partial charge in [0.15, 0.2) is 5.78 Å². The Bertz CT molecular complexity index is 631. The molecule has 0 saturated carbocycles. The summed E-state index contributed by atoms with van der Waals surface area (Å²) in [7, 11) is 0. The molecule has 22 heavy (non-hydrogen) atoms. The fourth-order valence-corrected chi connectivity index (χ4v) is 2.07. The molecule has 0 amide bonds. The summed E-state index contributed by atoms with van der Waals surface area (Å²) in [6.07, 6.45) is -0.774. The summed E-state index contributed by atoms with van der Waals surface area (Å²) in [5.41, 5.74) is 1.52. The SMILES string of the molecule is O=C(Cc1ccccc1)c1cc(F)ccc1NCC(O)CO. The molecule has 0 spiro atoms. The van der Waals surface area contributed by atoms with Crippen LogP contribution < -0.4 is 5.32 Å². The molecule has 0 heterocycles. The molecule has 2 aromatic rings. The Morgan fingerprint density at radius 1 is 1.18 bits per heavy atom. The van der Waals surface area contributed by atoms with Crippen LogP contribution in [0, 0.1) is 5.82 Å². The van der Waals surface area contributed by atoms with Gasteiger partial charge in [-0.2, -0.15) is 0 Å². The van der Waals surface area contributed by atoms with E-state index >= 15 is 0 Å². The van der Waals surface area contributed by atoms with Gasteiger partial charge in [0.25, 0.3) is 0 Å². The van der Waals surface area contributed by atoms with Gasteiger partial charge in [-0.25, -0.2) is 4.39 Å². The highest BCUT2D eigenvalue weighted by Crippen LogP contribution is 2.19. The predicted octanol–water partition coefficient (Wildman–Crippen LogP) is 2.02. The van der Waals surface area contributed by atoms with Crippen molar-refractivity contribution in [1.29, 1.82) is 0 Å². The van der Waals surface area contributed by atoms with Crippen LogP contribution in [0.1, 0.15) is 15.9 Å². The van der Waals surface area contributed by atoms with E-state index in [1.165, 1.54) is 18.2 Å². The third kappa shape index (κ3) is 4.38. The number of hydrogen-bond acceptors (Lipinski definition) is 4. The molecule has 1 atom stereocenters. The van der Waals surface area contributed by atoms with E-state index in [2.05, 4.69) is 5.32 Å². The fraction of sp³-hybridized carbons (Fsp3) is 0.235. The summed E-state index contributed by atoms with van der Waals surface area (Å²) < 4.78 is 13.4. The number of hydrogen-bond donors (Lipinski definition) is 3. The maximum absolute atomic E-state index is 13.4. The van der Waals surface area contributed by atoms with Crippen molar-refractivity contribution in [2.45, 2.75) is 12.5 Å². The molecule has 0 radical (unpaired) electrons. The molecule has 3 N–H and O–H groups in total. The van der Waals surface area contributed by atoms with Gasteiger partial charge < -0.3 is 15.5 Å². The standard InChI is InChI=1S/C17H18FNO3/c18-13-6-7-16(19-10-14(21)11-20)15(9-13)17(22)8-12-4-2-1-3-5-12/h1-7,9,14,19-21H,8,10-11H2. The highest BCUT2D eigenvalue weighted by molar-refractivity contribution is 6.02. The first-order valence-corrected chi connectivity index (χ1v) is 6.99. The summed E-state index contributed by atoms with van der Waals surface area (Å²) in [5.74, 6) is -0.712. The zero-order valence-corrected chi connectivity index (χ0v) is 12.0. The van der Waals surface area contributed by atoms with Crippen LogP contribution in [0.25, 0.3) is 0 Å². The van der Waals surface area contributed by atoms with Gasteiger partial charge in [-0.3, -0.25) is 4.79 Å². The number of aliphatic hydroxyl groups is 2. The molecular weight excluding hydrogens is 285 g/mol. The van der Waals surface area contributed by atoms with Crippen LogP contribution in [0.3, 0.4) is 0 Å². The number of aliphatic hydroxyl groups excluding tert-OH is 2. The summed E-state index contributed by atoms with van der Waals surface area (Å²) in [5, 5.41) is 21.0. The molecule has 5 heteroatoms. The number of ketones is 1. The largest absolute Gasteiger partial charge is 0.394 e. The van der Waals surface area contributed by atoms with E-state index in [4.69, 9.17) is 5.11 Å². The summed E-state index contributed by atoms with van der Waals surface area (Å²) in [6.45, 7) is -0.310. The van der Waals surface area contributed by atoms with E-state index in [1.54, 1.807) is 0 Å². The van der Waals surface area contributed by atoms with Crippen LogP contribution in [0.5, 0.6) is 0 Å². The second-order valence-electron chi connectivity index (χ2n) is 4.99. The van der Waals surface area contributed by atoms with E-state index in [-0.39, 0.29) is 30.9 Å². The van der Waals surface area contributed by atoms with Crippen molar-refractivity contribution in [3.8, 4) is 0 Å². The van der Waals surface area contributed by atoms with E-state index in [9.17, 15) is 14.3 Å². The molecule has 4 nitrogen and oxygen atoms in total. The molecule has 0 saturated heterocycles. The molecule has 0 aliphatic carbocycles. The van der Waals surface area contributed by atoms with Crippen LogP contribution in [0.4, 0.5) is 10.1 Å². The van der Waals surface area contributed by atoms with Crippen molar-refractivity contribution in [1.82, 2.24) is 0 Å². The Morgan fingerprint density at radius 2 is 1.91 bits per heavy atom. The molecule has 116 valence electrons. The number of rotatable bonds is 7. The predicted molar refractivity (Wildman–Crippen MR) is 82.5 cm³/mol. The second kappa shape index (κ2) is 7.68. The lowest BCUT2D eigenvalue weighted by Crippen LogP contribution is -2.24. The summed E-state index contributed by atoms with van der Waals surface area (Å²) >= 11 is 0. The third-order valence-electron chi connectivity index (χ3n) is 3.23. The first kappa shape index (κ1) is 16.1. The Labute approximate surface area is 128 Å². The molecule has 1 unspecified atom stereocenters. The Hall–Kier alpha value is -2.24. The van der Waals surface area contributed by atoms with Crippen LogP contribution in [-0.4, -0.2) is 35.3 Å². The van der Waals surface area contributed by atoms with Crippen LogP contribution >= 0.6 is 0 Å². The molecule has 0 aliphatic rings. The number of benzene rings is 2. The van der Waals surface area contributed by atoms with E-state index in [0.29, 0.717) is 5.69 Å². The Balaban J connectivity index is 2.17. The van der Waals surface area contributed by atoms with E-state index < -0.39 is 11.9 Å². The molecule has 0 aliphatic heterocycles.